The second kappa shape index (κ2) is 10.5. The van der Waals surface area contributed by atoms with E-state index in [1.807, 2.05) is 41.2 Å². The van der Waals surface area contributed by atoms with E-state index >= 15 is 0 Å². The first kappa shape index (κ1) is 25.1. The molecule has 5 heterocycles. The summed E-state index contributed by atoms with van der Waals surface area (Å²) in [7, 11) is 1.61. The summed E-state index contributed by atoms with van der Waals surface area (Å²) in [5, 5.41) is 14.9. The van der Waals surface area contributed by atoms with Gasteiger partial charge in [0, 0.05) is 55.3 Å². The van der Waals surface area contributed by atoms with Crippen molar-refractivity contribution >= 4 is 22.9 Å². The standard InChI is InChI=1S/C29H32N6O4/c1-19-12-22-15-30-35(28(22)32-27(19)21-8-10-33(11-9-21)29(36)37)23-13-25(31-26(14-23)38-2)34-16-24(17-34)39-18-20-6-4-3-5-7-20/h3-7,12-15,21,24H,8-11,16-18H2,1-2H3,(H,36,37). The molecule has 6 rings (SSSR count). The topological polar surface area (TPSA) is 106 Å². The molecule has 2 fully saturated rings. The van der Waals surface area contributed by atoms with Crippen molar-refractivity contribution in [1.82, 2.24) is 24.6 Å². The highest BCUT2D eigenvalue weighted by atomic mass is 16.5. The van der Waals surface area contributed by atoms with Crippen LogP contribution in [0, 0.1) is 6.92 Å². The van der Waals surface area contributed by atoms with Crippen molar-refractivity contribution in [1.29, 1.82) is 0 Å². The molecule has 0 saturated carbocycles. The second-order valence-corrected chi connectivity index (χ2v) is 10.3. The van der Waals surface area contributed by atoms with E-state index in [4.69, 9.17) is 14.5 Å². The molecule has 0 bridgehead atoms. The fraction of sp³-hybridized carbons (Fsp3) is 0.379. The van der Waals surface area contributed by atoms with E-state index in [-0.39, 0.29) is 12.0 Å². The Morgan fingerprint density at radius 1 is 1.08 bits per heavy atom. The number of amides is 1. The van der Waals surface area contributed by atoms with Crippen LogP contribution < -0.4 is 9.64 Å². The number of likely N-dealkylation sites (tertiary alicyclic amines) is 1. The number of carbonyl (C=O) groups is 1. The highest BCUT2D eigenvalue weighted by Gasteiger charge is 2.30. The summed E-state index contributed by atoms with van der Waals surface area (Å²) >= 11 is 0. The van der Waals surface area contributed by atoms with Gasteiger partial charge in [-0.25, -0.2) is 14.5 Å². The van der Waals surface area contributed by atoms with E-state index in [1.54, 1.807) is 7.11 Å². The minimum absolute atomic E-state index is 0.145. The second-order valence-electron chi connectivity index (χ2n) is 10.3. The number of rotatable bonds is 7. The van der Waals surface area contributed by atoms with E-state index < -0.39 is 6.09 Å². The van der Waals surface area contributed by atoms with Crippen LogP contribution in [-0.4, -0.2) is 75.2 Å². The van der Waals surface area contributed by atoms with Crippen LogP contribution in [0.1, 0.15) is 35.6 Å². The van der Waals surface area contributed by atoms with E-state index in [1.165, 1.54) is 4.90 Å². The highest BCUT2D eigenvalue weighted by molar-refractivity contribution is 5.78. The van der Waals surface area contributed by atoms with Gasteiger partial charge >= 0.3 is 6.09 Å². The minimum Gasteiger partial charge on any atom is -0.481 e. The van der Waals surface area contributed by atoms with Crippen LogP contribution >= 0.6 is 0 Å². The van der Waals surface area contributed by atoms with Gasteiger partial charge in [-0.3, -0.25) is 0 Å². The molecule has 202 valence electrons. The fourth-order valence-corrected chi connectivity index (χ4v) is 5.41. The number of carboxylic acid groups (broad SMARTS) is 1. The van der Waals surface area contributed by atoms with Crippen LogP contribution in [-0.2, 0) is 11.3 Å². The normalized spacial score (nSPS) is 16.5. The number of hydrogen-bond acceptors (Lipinski definition) is 7. The molecule has 39 heavy (non-hydrogen) atoms. The average Bonchev–Trinajstić information content (AvgIpc) is 3.34. The molecule has 2 aliphatic rings. The van der Waals surface area contributed by atoms with Gasteiger partial charge in [0.15, 0.2) is 5.65 Å². The maximum atomic E-state index is 11.3. The maximum Gasteiger partial charge on any atom is 0.407 e. The van der Waals surface area contributed by atoms with Crippen LogP contribution in [0.15, 0.2) is 54.7 Å². The van der Waals surface area contributed by atoms with Crippen molar-refractivity contribution in [2.45, 2.75) is 38.4 Å². The zero-order valence-corrected chi connectivity index (χ0v) is 22.2. The van der Waals surface area contributed by atoms with E-state index in [0.29, 0.717) is 25.6 Å². The number of hydrogen-bond donors (Lipinski definition) is 1. The van der Waals surface area contributed by atoms with E-state index in [9.17, 15) is 9.90 Å². The Morgan fingerprint density at radius 2 is 1.85 bits per heavy atom. The van der Waals surface area contributed by atoms with Gasteiger partial charge in [0.1, 0.15) is 5.82 Å². The SMILES string of the molecule is COc1cc(-n2ncc3cc(C)c(C4CCN(C(=O)O)CC4)nc32)cc(N2CC(OCc3ccccc3)C2)n1. The molecule has 0 atom stereocenters. The van der Waals surface area contributed by atoms with Crippen molar-refractivity contribution in [3.05, 3.63) is 71.5 Å². The molecule has 4 aromatic rings. The molecule has 0 radical (unpaired) electrons. The van der Waals surface area contributed by atoms with Gasteiger partial charge in [-0.05, 0) is 37.0 Å². The van der Waals surface area contributed by atoms with Gasteiger partial charge in [0.05, 0.1) is 31.7 Å². The highest BCUT2D eigenvalue weighted by Crippen LogP contribution is 2.32. The smallest absolute Gasteiger partial charge is 0.407 e. The van der Waals surface area contributed by atoms with Crippen LogP contribution in [0.25, 0.3) is 16.7 Å². The first-order chi connectivity index (χ1) is 19.0. The van der Waals surface area contributed by atoms with Gasteiger partial charge in [0.25, 0.3) is 0 Å². The molecule has 3 aromatic heterocycles. The summed E-state index contributed by atoms with van der Waals surface area (Å²) < 4.78 is 13.4. The number of nitrogens with zero attached hydrogens (tertiary/aromatic N) is 6. The van der Waals surface area contributed by atoms with Crippen molar-refractivity contribution < 1.29 is 19.4 Å². The lowest BCUT2D eigenvalue weighted by Crippen LogP contribution is -2.52. The summed E-state index contributed by atoms with van der Waals surface area (Å²) in [5.74, 6) is 1.53. The zero-order valence-electron chi connectivity index (χ0n) is 22.2. The minimum atomic E-state index is -0.856. The summed E-state index contributed by atoms with van der Waals surface area (Å²) in [6, 6.07) is 16.2. The first-order valence-electron chi connectivity index (χ1n) is 13.3. The Bertz CT molecular complexity index is 1480. The molecule has 10 heteroatoms. The Balaban J connectivity index is 1.22. The molecule has 0 aliphatic carbocycles. The number of anilines is 1. The summed E-state index contributed by atoms with van der Waals surface area (Å²) in [6.07, 6.45) is 2.64. The lowest BCUT2D eigenvalue weighted by Gasteiger charge is -2.40. The van der Waals surface area contributed by atoms with Gasteiger partial charge in [-0.2, -0.15) is 10.1 Å². The third-order valence-corrected chi connectivity index (χ3v) is 7.65. The van der Waals surface area contributed by atoms with Crippen LogP contribution in [0.4, 0.5) is 10.6 Å². The van der Waals surface area contributed by atoms with Crippen molar-refractivity contribution in [3.63, 3.8) is 0 Å². The number of methoxy groups -OCH3 is 1. The number of pyridine rings is 2. The first-order valence-corrected chi connectivity index (χ1v) is 13.3. The molecular formula is C29H32N6O4. The lowest BCUT2D eigenvalue weighted by molar-refractivity contribution is 0.0220. The maximum absolute atomic E-state index is 11.3. The molecule has 1 aromatic carbocycles. The lowest BCUT2D eigenvalue weighted by atomic mass is 9.90. The van der Waals surface area contributed by atoms with Crippen LogP contribution in [0.2, 0.25) is 0 Å². The monoisotopic (exact) mass is 528 g/mol. The summed E-state index contributed by atoms with van der Waals surface area (Å²) in [4.78, 5) is 24.7. The third-order valence-electron chi connectivity index (χ3n) is 7.65. The van der Waals surface area contributed by atoms with Gasteiger partial charge in [-0.15, -0.1) is 0 Å². The number of benzene rings is 1. The Hall–Kier alpha value is -4.18. The Kier molecular flexibility index (Phi) is 6.78. The van der Waals surface area contributed by atoms with E-state index in [0.717, 1.165) is 65.3 Å². The average molecular weight is 529 g/mol. The summed E-state index contributed by atoms with van der Waals surface area (Å²) in [6.45, 7) is 5.21. The molecule has 0 spiro atoms. The van der Waals surface area contributed by atoms with Gasteiger partial charge in [0.2, 0.25) is 5.88 Å². The van der Waals surface area contributed by atoms with Crippen molar-refractivity contribution in [3.8, 4) is 11.6 Å². The third kappa shape index (κ3) is 5.12. The van der Waals surface area contributed by atoms with E-state index in [2.05, 4.69) is 40.1 Å². The number of aryl methyl sites for hydroxylation is 1. The number of piperidine rings is 1. The fourth-order valence-electron chi connectivity index (χ4n) is 5.41. The molecule has 2 aliphatic heterocycles. The predicted octanol–water partition coefficient (Wildman–Crippen LogP) is 4.40. The van der Waals surface area contributed by atoms with Crippen LogP contribution in [0.5, 0.6) is 5.88 Å². The van der Waals surface area contributed by atoms with Gasteiger partial charge in [-0.1, -0.05) is 30.3 Å². The van der Waals surface area contributed by atoms with Crippen molar-refractivity contribution in [2.75, 3.05) is 38.2 Å². The number of fused-ring (bicyclic) bond motifs is 1. The molecule has 0 unspecified atom stereocenters. The van der Waals surface area contributed by atoms with Gasteiger partial charge < -0.3 is 24.4 Å². The molecular weight excluding hydrogens is 496 g/mol. The van der Waals surface area contributed by atoms with Crippen LogP contribution in [0.3, 0.4) is 0 Å². The zero-order chi connectivity index (χ0) is 26.9. The quantitative estimate of drug-likeness (QED) is 0.376. The molecule has 1 N–H and O–H groups in total. The largest absolute Gasteiger partial charge is 0.481 e. The Labute approximate surface area is 226 Å². The van der Waals surface area contributed by atoms with Crippen molar-refractivity contribution in [2.24, 2.45) is 0 Å². The number of ether oxygens (including phenoxy) is 2. The predicted molar refractivity (Wildman–Crippen MR) is 147 cm³/mol. The Morgan fingerprint density at radius 3 is 2.56 bits per heavy atom. The molecule has 2 saturated heterocycles. The molecule has 1 amide bonds. The number of aromatic nitrogens is 4. The molecule has 10 nitrogen and oxygen atoms in total. The summed E-state index contributed by atoms with van der Waals surface area (Å²) in [5.41, 5.74) is 4.87.